The number of non-ortho nitro benzene ring substituents is 1. The molecule has 1 aliphatic heterocycles. The van der Waals surface area contributed by atoms with Gasteiger partial charge in [-0.1, -0.05) is 11.6 Å². The number of anilines is 1. The van der Waals surface area contributed by atoms with Crippen LogP contribution in [0.5, 0.6) is 0 Å². The van der Waals surface area contributed by atoms with Crippen LogP contribution in [0.1, 0.15) is 5.56 Å². The van der Waals surface area contributed by atoms with Crippen molar-refractivity contribution < 1.29 is 22.9 Å². The largest absolute Gasteiger partial charge is 0.277 e. The Bertz CT molecular complexity index is 1110. The second-order valence-corrected chi connectivity index (χ2v) is 7.42. The summed E-state index contributed by atoms with van der Waals surface area (Å²) in [6, 6.07) is 9.81. The number of nitrogens with zero attached hydrogens (tertiary/aromatic N) is 2. The van der Waals surface area contributed by atoms with Crippen LogP contribution in [0.25, 0.3) is 5.57 Å². The minimum absolute atomic E-state index is 0.104. The molecule has 9 nitrogen and oxygen atoms in total. The highest BCUT2D eigenvalue weighted by atomic mass is 35.5. The summed E-state index contributed by atoms with van der Waals surface area (Å²) in [5.74, 6) is -1.53. The molecule has 0 bridgehead atoms. The third-order valence-corrected chi connectivity index (χ3v) is 5.10. The van der Waals surface area contributed by atoms with E-state index in [1.54, 1.807) is 0 Å². The highest BCUT2D eigenvalue weighted by Crippen LogP contribution is 2.35. The molecule has 27 heavy (non-hydrogen) atoms. The van der Waals surface area contributed by atoms with Crippen LogP contribution < -0.4 is 10.0 Å². The number of nitro groups is 1. The molecule has 1 heterocycles. The molecule has 0 saturated heterocycles. The number of carbonyl (C=O) groups is 2. The number of rotatable bonds is 4. The summed E-state index contributed by atoms with van der Waals surface area (Å²) in [5, 5.41) is 15.4. The quantitative estimate of drug-likeness (QED) is 0.465. The van der Waals surface area contributed by atoms with Crippen LogP contribution in [0.3, 0.4) is 0 Å². The van der Waals surface area contributed by atoms with Gasteiger partial charge in [-0.25, -0.2) is 18.5 Å². The van der Waals surface area contributed by atoms with E-state index in [4.69, 9.17) is 16.7 Å². The zero-order valence-corrected chi connectivity index (χ0v) is 14.9. The Morgan fingerprint density at radius 3 is 2.00 bits per heavy atom. The number of benzene rings is 2. The molecule has 0 saturated carbocycles. The van der Waals surface area contributed by atoms with Gasteiger partial charge in [-0.15, -0.1) is 0 Å². The maximum absolute atomic E-state index is 12.7. The predicted octanol–water partition coefficient (Wildman–Crippen LogP) is 1.77. The molecule has 138 valence electrons. The number of nitrogens with two attached hydrogens (primary N) is 1. The molecule has 0 unspecified atom stereocenters. The fraction of sp³-hybridized carbons (Fsp3) is 0. The van der Waals surface area contributed by atoms with Gasteiger partial charge in [-0.05, 0) is 42.0 Å². The molecule has 2 amide bonds. The van der Waals surface area contributed by atoms with Gasteiger partial charge < -0.3 is 0 Å². The van der Waals surface area contributed by atoms with Crippen molar-refractivity contribution in [3.05, 3.63) is 69.2 Å². The van der Waals surface area contributed by atoms with Crippen LogP contribution in [0.4, 0.5) is 11.4 Å². The molecule has 11 heteroatoms. The first kappa shape index (κ1) is 18.7. The van der Waals surface area contributed by atoms with Gasteiger partial charge in [0.25, 0.3) is 17.5 Å². The summed E-state index contributed by atoms with van der Waals surface area (Å²) < 4.78 is 22.6. The highest BCUT2D eigenvalue weighted by molar-refractivity contribution is 7.89. The fourth-order valence-electron chi connectivity index (χ4n) is 2.52. The lowest BCUT2D eigenvalue weighted by molar-refractivity contribution is -0.384. The number of hydrogen-bond acceptors (Lipinski definition) is 6. The summed E-state index contributed by atoms with van der Waals surface area (Å²) >= 11 is 6.03. The number of imide groups is 1. The predicted molar refractivity (Wildman–Crippen MR) is 96.2 cm³/mol. The number of amides is 2. The first-order valence-corrected chi connectivity index (χ1v) is 9.20. The molecule has 2 aromatic rings. The minimum Gasteiger partial charge on any atom is -0.268 e. The summed E-state index contributed by atoms with van der Waals surface area (Å²) in [6.45, 7) is 0. The minimum atomic E-state index is -3.93. The van der Waals surface area contributed by atoms with Crippen LogP contribution in [0, 0.1) is 10.1 Å². The third kappa shape index (κ3) is 3.33. The van der Waals surface area contributed by atoms with Crippen molar-refractivity contribution in [2.75, 3.05) is 4.90 Å². The van der Waals surface area contributed by atoms with E-state index in [0.29, 0.717) is 0 Å². The average Bonchev–Trinajstić information content (AvgIpc) is 2.83. The van der Waals surface area contributed by atoms with Gasteiger partial charge in [0.2, 0.25) is 10.0 Å². The molecule has 0 aliphatic carbocycles. The topological polar surface area (TPSA) is 141 Å². The van der Waals surface area contributed by atoms with Gasteiger partial charge in [-0.3, -0.25) is 19.7 Å². The number of nitro benzene ring substituents is 1. The second-order valence-electron chi connectivity index (χ2n) is 5.48. The maximum Gasteiger partial charge on any atom is 0.277 e. The summed E-state index contributed by atoms with van der Waals surface area (Å²) in [7, 11) is -3.93. The monoisotopic (exact) mass is 407 g/mol. The van der Waals surface area contributed by atoms with Gasteiger partial charge in [0.1, 0.15) is 5.03 Å². The normalized spacial score (nSPS) is 14.8. The van der Waals surface area contributed by atoms with E-state index in [-0.39, 0.29) is 32.4 Å². The van der Waals surface area contributed by atoms with Gasteiger partial charge >= 0.3 is 0 Å². The molecule has 0 fully saturated rings. The summed E-state index contributed by atoms with van der Waals surface area (Å²) in [4.78, 5) is 35.9. The zero-order valence-electron chi connectivity index (χ0n) is 13.3. The average molecular weight is 408 g/mol. The maximum atomic E-state index is 12.7. The molecule has 2 aromatic carbocycles. The lowest BCUT2D eigenvalue weighted by atomic mass is 10.1. The number of sulfonamides is 1. The number of halogens is 1. The van der Waals surface area contributed by atoms with Gasteiger partial charge in [0.15, 0.2) is 0 Å². The number of primary sulfonamides is 1. The molecule has 0 radical (unpaired) electrons. The van der Waals surface area contributed by atoms with Gasteiger partial charge in [0.05, 0.1) is 21.1 Å². The van der Waals surface area contributed by atoms with Crippen LogP contribution in [-0.4, -0.2) is 25.2 Å². The van der Waals surface area contributed by atoms with E-state index >= 15 is 0 Å². The van der Waals surface area contributed by atoms with E-state index in [0.717, 1.165) is 17.0 Å². The molecular formula is C16H10ClN3O6S. The Morgan fingerprint density at radius 1 is 0.963 bits per heavy atom. The summed E-state index contributed by atoms with van der Waals surface area (Å²) in [6.07, 6.45) is 0. The van der Waals surface area contributed by atoms with Crippen LogP contribution in [0.15, 0.2) is 58.5 Å². The zero-order chi connectivity index (χ0) is 19.9. The highest BCUT2D eigenvalue weighted by Gasteiger charge is 2.39. The first-order valence-electron chi connectivity index (χ1n) is 7.27. The molecule has 0 atom stereocenters. The standard InChI is InChI=1S/C16H10ClN3O6S/c17-14-13(9-1-3-11(4-2-9)20(23)24)15(21)19(16(14)22)10-5-7-12(8-6-10)27(18,25)26/h1-8H,(H2,18,25,26). The van der Waals surface area contributed by atoms with Crippen molar-refractivity contribution in [1.29, 1.82) is 0 Å². The Hall–Kier alpha value is -3.08. The van der Waals surface area contributed by atoms with E-state index in [2.05, 4.69) is 0 Å². The van der Waals surface area contributed by atoms with E-state index < -0.39 is 26.8 Å². The molecular weight excluding hydrogens is 398 g/mol. The lowest BCUT2D eigenvalue weighted by Crippen LogP contribution is -2.31. The third-order valence-electron chi connectivity index (χ3n) is 3.82. The van der Waals surface area contributed by atoms with E-state index in [1.165, 1.54) is 36.4 Å². The van der Waals surface area contributed by atoms with Crippen LogP contribution >= 0.6 is 11.6 Å². The number of hydrogen-bond donors (Lipinski definition) is 1. The van der Waals surface area contributed by atoms with Crippen molar-refractivity contribution in [3.63, 3.8) is 0 Å². The van der Waals surface area contributed by atoms with Crippen molar-refractivity contribution in [1.82, 2.24) is 0 Å². The van der Waals surface area contributed by atoms with Crippen LogP contribution in [-0.2, 0) is 19.6 Å². The van der Waals surface area contributed by atoms with Crippen molar-refractivity contribution in [2.24, 2.45) is 5.14 Å². The SMILES string of the molecule is NS(=O)(=O)c1ccc(N2C(=O)C(Cl)=C(c3ccc([N+](=O)[O-])cc3)C2=O)cc1. The molecule has 3 rings (SSSR count). The molecule has 0 aromatic heterocycles. The second kappa shape index (κ2) is 6.58. The lowest BCUT2D eigenvalue weighted by Gasteiger charge is -2.15. The summed E-state index contributed by atoms with van der Waals surface area (Å²) in [5.41, 5.74) is 0.0647. The molecule has 0 spiro atoms. The van der Waals surface area contributed by atoms with Crippen molar-refractivity contribution >= 4 is 50.4 Å². The van der Waals surface area contributed by atoms with Gasteiger partial charge in [-0.2, -0.15) is 0 Å². The Balaban J connectivity index is 1.97. The fourth-order valence-corrected chi connectivity index (χ4v) is 3.31. The number of carbonyl (C=O) groups excluding carboxylic acids is 2. The van der Waals surface area contributed by atoms with Crippen molar-refractivity contribution in [3.8, 4) is 0 Å². The Labute approximate surface area is 157 Å². The van der Waals surface area contributed by atoms with Crippen molar-refractivity contribution in [2.45, 2.75) is 4.90 Å². The Kier molecular flexibility index (Phi) is 4.56. The van der Waals surface area contributed by atoms with Gasteiger partial charge in [0, 0.05) is 12.1 Å². The van der Waals surface area contributed by atoms with E-state index in [1.807, 2.05) is 0 Å². The smallest absolute Gasteiger partial charge is 0.268 e. The van der Waals surface area contributed by atoms with Crippen LogP contribution in [0.2, 0.25) is 0 Å². The van der Waals surface area contributed by atoms with E-state index in [9.17, 15) is 28.1 Å². The first-order chi connectivity index (χ1) is 12.6. The molecule has 1 aliphatic rings. The Morgan fingerprint density at radius 2 is 1.52 bits per heavy atom. The molecule has 2 N–H and O–H groups in total.